The van der Waals surface area contributed by atoms with Gasteiger partial charge in [-0.05, 0) is 43.7 Å². The van der Waals surface area contributed by atoms with Gasteiger partial charge in [0.05, 0.1) is 12.1 Å². The first-order valence-corrected chi connectivity index (χ1v) is 10.3. The van der Waals surface area contributed by atoms with Crippen molar-refractivity contribution < 1.29 is 14.1 Å². The van der Waals surface area contributed by atoms with Crippen LogP contribution in [-0.4, -0.2) is 45.7 Å². The smallest absolute Gasteiger partial charge is 0.273 e. The highest BCUT2D eigenvalue weighted by Crippen LogP contribution is 2.32. The number of benzene rings is 1. The minimum absolute atomic E-state index is 0.0919. The zero-order valence-electron chi connectivity index (χ0n) is 16.3. The number of hydrogen-bond donors (Lipinski definition) is 0. The number of fused-ring (bicyclic) bond motifs is 1. The first kappa shape index (κ1) is 18.2. The van der Waals surface area contributed by atoms with Crippen molar-refractivity contribution in [3.8, 4) is 0 Å². The summed E-state index contributed by atoms with van der Waals surface area (Å²) < 4.78 is 11.1. The van der Waals surface area contributed by atoms with E-state index in [0.29, 0.717) is 37.0 Å². The molecule has 150 valence electrons. The number of carbonyl (C=O) groups is 1. The van der Waals surface area contributed by atoms with Crippen molar-refractivity contribution in [3.63, 3.8) is 0 Å². The number of carbonyl (C=O) groups excluding carboxylic acids is 1. The second kappa shape index (κ2) is 7.91. The predicted molar refractivity (Wildman–Crippen MR) is 106 cm³/mol. The third kappa shape index (κ3) is 4.00. The van der Waals surface area contributed by atoms with Crippen molar-refractivity contribution in [2.75, 3.05) is 19.8 Å². The molecule has 0 bridgehead atoms. The van der Waals surface area contributed by atoms with E-state index < -0.39 is 0 Å². The lowest BCUT2D eigenvalue weighted by molar-refractivity contribution is 0.0704. The van der Waals surface area contributed by atoms with Crippen LogP contribution in [0.5, 0.6) is 0 Å². The van der Waals surface area contributed by atoms with Gasteiger partial charge in [0.1, 0.15) is 11.7 Å². The van der Waals surface area contributed by atoms with Gasteiger partial charge in [0.2, 0.25) is 5.89 Å². The Morgan fingerprint density at radius 2 is 2.03 bits per heavy atom. The number of likely N-dealkylation sites (tertiary alicyclic amines) is 1. The zero-order valence-corrected chi connectivity index (χ0v) is 16.3. The third-order valence-electron chi connectivity index (χ3n) is 5.62. The average Bonchev–Trinajstić information content (AvgIpc) is 3.25. The molecule has 0 N–H and O–H groups in total. The maximum Gasteiger partial charge on any atom is 0.273 e. The normalized spacial score (nSPS) is 19.2. The van der Waals surface area contributed by atoms with E-state index in [2.05, 4.69) is 15.1 Å². The minimum Gasteiger partial charge on any atom is -0.381 e. The molecule has 1 atom stereocenters. The van der Waals surface area contributed by atoms with Crippen molar-refractivity contribution in [3.05, 3.63) is 53.8 Å². The Morgan fingerprint density at radius 3 is 2.93 bits per heavy atom. The lowest BCUT2D eigenvalue weighted by Crippen LogP contribution is -2.31. The summed E-state index contributed by atoms with van der Waals surface area (Å²) in [5, 5.41) is 5.10. The molecular formula is C22H24N4O3. The highest BCUT2D eigenvalue weighted by Gasteiger charge is 2.35. The van der Waals surface area contributed by atoms with E-state index in [1.807, 2.05) is 30.3 Å². The van der Waals surface area contributed by atoms with Crippen LogP contribution < -0.4 is 0 Å². The molecular weight excluding hydrogens is 368 g/mol. The van der Waals surface area contributed by atoms with Gasteiger partial charge in [0.25, 0.3) is 5.91 Å². The molecule has 1 amide bonds. The Kier molecular flexibility index (Phi) is 4.97. The van der Waals surface area contributed by atoms with Gasteiger partial charge < -0.3 is 14.2 Å². The van der Waals surface area contributed by atoms with Gasteiger partial charge in [-0.25, -0.2) is 4.98 Å². The van der Waals surface area contributed by atoms with Crippen LogP contribution in [0.25, 0.3) is 10.9 Å². The van der Waals surface area contributed by atoms with Gasteiger partial charge in [-0.1, -0.05) is 29.4 Å². The summed E-state index contributed by atoms with van der Waals surface area (Å²) in [7, 11) is 0. The van der Waals surface area contributed by atoms with Crippen LogP contribution in [0.15, 0.2) is 40.9 Å². The number of para-hydroxylation sites is 1. The van der Waals surface area contributed by atoms with Crippen molar-refractivity contribution in [2.45, 2.75) is 38.1 Å². The molecule has 1 unspecified atom stereocenters. The molecule has 2 aromatic heterocycles. The van der Waals surface area contributed by atoms with E-state index in [0.717, 1.165) is 36.3 Å². The standard InChI is InChI=1S/C22H24N4O3/c27-22(18-10-9-16-4-1-2-5-17(16)23-18)26-12-3-6-19(26)21-24-20(25-29-21)11-13-28-14-15-7-8-15/h1-2,4-5,9-10,15,19H,3,6-8,11-14H2. The van der Waals surface area contributed by atoms with Crippen molar-refractivity contribution >= 4 is 16.8 Å². The molecule has 29 heavy (non-hydrogen) atoms. The summed E-state index contributed by atoms with van der Waals surface area (Å²) in [5.41, 5.74) is 1.27. The Balaban J connectivity index is 1.27. The Labute approximate surface area is 169 Å². The highest BCUT2D eigenvalue weighted by molar-refractivity contribution is 5.95. The van der Waals surface area contributed by atoms with E-state index in [1.54, 1.807) is 11.0 Å². The lowest BCUT2D eigenvalue weighted by atomic mass is 10.2. The van der Waals surface area contributed by atoms with E-state index >= 15 is 0 Å². The van der Waals surface area contributed by atoms with E-state index in [9.17, 15) is 4.79 Å². The summed E-state index contributed by atoms with van der Waals surface area (Å²) in [4.78, 5) is 24.0. The fourth-order valence-corrected chi connectivity index (χ4v) is 3.80. The molecule has 7 heteroatoms. The number of hydrogen-bond acceptors (Lipinski definition) is 6. The molecule has 5 rings (SSSR count). The van der Waals surface area contributed by atoms with Crippen LogP contribution in [0.2, 0.25) is 0 Å². The number of rotatable bonds is 7. The quantitative estimate of drug-likeness (QED) is 0.572. The van der Waals surface area contributed by atoms with Crippen LogP contribution in [0.3, 0.4) is 0 Å². The number of pyridine rings is 1. The van der Waals surface area contributed by atoms with Gasteiger partial charge in [-0.3, -0.25) is 4.79 Å². The number of ether oxygens (including phenoxy) is 1. The van der Waals surface area contributed by atoms with Crippen LogP contribution in [0.1, 0.15) is 53.9 Å². The topological polar surface area (TPSA) is 81.4 Å². The molecule has 3 aromatic rings. The first-order valence-electron chi connectivity index (χ1n) is 10.3. The molecule has 1 saturated carbocycles. The molecule has 2 aliphatic rings. The molecule has 2 fully saturated rings. The molecule has 7 nitrogen and oxygen atoms in total. The van der Waals surface area contributed by atoms with Gasteiger partial charge >= 0.3 is 0 Å². The van der Waals surface area contributed by atoms with Crippen LogP contribution in [0, 0.1) is 5.92 Å². The van der Waals surface area contributed by atoms with Gasteiger partial charge in [-0.2, -0.15) is 4.98 Å². The van der Waals surface area contributed by atoms with Crippen LogP contribution in [-0.2, 0) is 11.2 Å². The van der Waals surface area contributed by atoms with Gasteiger partial charge in [0.15, 0.2) is 5.82 Å². The molecule has 3 heterocycles. The molecule has 1 aliphatic carbocycles. The summed E-state index contributed by atoms with van der Waals surface area (Å²) in [6.45, 7) is 2.10. The van der Waals surface area contributed by atoms with Crippen molar-refractivity contribution in [1.29, 1.82) is 0 Å². The molecule has 1 aliphatic heterocycles. The third-order valence-corrected chi connectivity index (χ3v) is 5.62. The fraction of sp³-hybridized carbons (Fsp3) is 0.455. The van der Waals surface area contributed by atoms with Gasteiger partial charge in [0, 0.05) is 25.0 Å². The maximum atomic E-state index is 13.1. The Morgan fingerprint density at radius 1 is 1.14 bits per heavy atom. The molecule has 1 aromatic carbocycles. The summed E-state index contributed by atoms with van der Waals surface area (Å²) in [6, 6.07) is 11.3. The minimum atomic E-state index is -0.190. The van der Waals surface area contributed by atoms with Crippen LogP contribution in [0.4, 0.5) is 0 Å². The fourth-order valence-electron chi connectivity index (χ4n) is 3.80. The zero-order chi connectivity index (χ0) is 19.6. The SMILES string of the molecule is O=C(c1ccc2ccccc2n1)N1CCCC1c1nc(CCOCC2CC2)no1. The predicted octanol–water partition coefficient (Wildman–Crippen LogP) is 3.56. The largest absolute Gasteiger partial charge is 0.381 e. The Bertz CT molecular complexity index is 1010. The lowest BCUT2D eigenvalue weighted by Gasteiger charge is -2.21. The molecule has 1 saturated heterocycles. The van der Waals surface area contributed by atoms with E-state index in [-0.39, 0.29) is 11.9 Å². The molecule has 0 spiro atoms. The number of amides is 1. The maximum absolute atomic E-state index is 13.1. The van der Waals surface area contributed by atoms with Crippen molar-refractivity contribution in [2.24, 2.45) is 5.92 Å². The Hall–Kier alpha value is -2.80. The van der Waals surface area contributed by atoms with Gasteiger partial charge in [-0.15, -0.1) is 0 Å². The number of nitrogens with zero attached hydrogens (tertiary/aromatic N) is 4. The second-order valence-corrected chi connectivity index (χ2v) is 7.86. The second-order valence-electron chi connectivity index (χ2n) is 7.86. The van der Waals surface area contributed by atoms with E-state index in [1.165, 1.54) is 12.8 Å². The monoisotopic (exact) mass is 392 g/mol. The summed E-state index contributed by atoms with van der Waals surface area (Å²) in [6.07, 6.45) is 4.92. The average molecular weight is 392 g/mol. The number of aromatic nitrogens is 3. The summed E-state index contributed by atoms with van der Waals surface area (Å²) >= 11 is 0. The highest BCUT2D eigenvalue weighted by atomic mass is 16.5. The molecule has 0 radical (unpaired) electrons. The van der Waals surface area contributed by atoms with Crippen molar-refractivity contribution in [1.82, 2.24) is 20.0 Å². The van der Waals surface area contributed by atoms with Crippen LogP contribution >= 0.6 is 0 Å². The first-order chi connectivity index (χ1) is 14.3. The van der Waals surface area contributed by atoms with E-state index in [4.69, 9.17) is 9.26 Å². The summed E-state index contributed by atoms with van der Waals surface area (Å²) in [5.74, 6) is 1.80.